The first-order chi connectivity index (χ1) is 14.2. The second-order valence-electron chi connectivity index (χ2n) is 8.35. The first kappa shape index (κ1) is 20.0. The fourth-order valence-electron chi connectivity index (χ4n) is 4.56. The van der Waals surface area contributed by atoms with Gasteiger partial charge in [-0.05, 0) is 49.9 Å². The minimum absolute atomic E-state index is 0.125. The number of ether oxygens (including phenoxy) is 1. The number of carbonyl (C=O) groups is 1. The van der Waals surface area contributed by atoms with Crippen LogP contribution in [0.25, 0.3) is 0 Å². The third kappa shape index (κ3) is 5.18. The zero-order valence-electron chi connectivity index (χ0n) is 17.2. The molecule has 2 heterocycles. The molecule has 0 bridgehead atoms. The van der Waals surface area contributed by atoms with E-state index in [9.17, 15) is 4.79 Å². The van der Waals surface area contributed by atoms with Crippen LogP contribution in [0.15, 0.2) is 34.9 Å². The third-order valence-corrected chi connectivity index (χ3v) is 6.16. The van der Waals surface area contributed by atoms with E-state index in [4.69, 9.17) is 9.26 Å². The number of methoxy groups -OCH3 is 1. The van der Waals surface area contributed by atoms with E-state index in [2.05, 4.69) is 27.5 Å². The van der Waals surface area contributed by atoms with Gasteiger partial charge in [-0.1, -0.05) is 36.6 Å². The van der Waals surface area contributed by atoms with Crippen LogP contribution in [0, 0.1) is 0 Å². The molecule has 1 amide bonds. The SMILES string of the molecule is COc1cccc(CN2CCC[C@H](c3cc(C(=O)NC4CCCCC4)on3)C2)c1. The molecule has 1 aliphatic carbocycles. The Morgan fingerprint density at radius 2 is 2.07 bits per heavy atom. The summed E-state index contributed by atoms with van der Waals surface area (Å²) in [7, 11) is 1.70. The number of hydrogen-bond acceptors (Lipinski definition) is 5. The Labute approximate surface area is 172 Å². The Bertz CT molecular complexity index is 813. The van der Waals surface area contributed by atoms with Crippen molar-refractivity contribution in [1.82, 2.24) is 15.4 Å². The van der Waals surface area contributed by atoms with E-state index in [1.165, 1.54) is 24.8 Å². The lowest BCUT2D eigenvalue weighted by atomic mass is 9.94. The molecule has 2 aliphatic rings. The first-order valence-corrected chi connectivity index (χ1v) is 10.8. The van der Waals surface area contributed by atoms with Gasteiger partial charge in [0.2, 0.25) is 5.76 Å². The van der Waals surface area contributed by atoms with Gasteiger partial charge in [0, 0.05) is 31.1 Å². The average Bonchev–Trinajstić information content (AvgIpc) is 3.25. The Morgan fingerprint density at radius 1 is 1.21 bits per heavy atom. The van der Waals surface area contributed by atoms with Crippen molar-refractivity contribution < 1.29 is 14.1 Å². The number of hydrogen-bond donors (Lipinski definition) is 1. The predicted molar refractivity (Wildman–Crippen MR) is 111 cm³/mol. The highest BCUT2D eigenvalue weighted by atomic mass is 16.5. The lowest BCUT2D eigenvalue weighted by Gasteiger charge is -2.31. The summed E-state index contributed by atoms with van der Waals surface area (Å²) in [5.41, 5.74) is 2.15. The minimum Gasteiger partial charge on any atom is -0.497 e. The largest absolute Gasteiger partial charge is 0.497 e. The molecule has 1 N–H and O–H groups in total. The van der Waals surface area contributed by atoms with Crippen molar-refractivity contribution in [3.63, 3.8) is 0 Å². The van der Waals surface area contributed by atoms with Crippen LogP contribution in [0.5, 0.6) is 5.75 Å². The molecule has 0 radical (unpaired) electrons. The van der Waals surface area contributed by atoms with Gasteiger partial charge in [-0.3, -0.25) is 9.69 Å². The van der Waals surface area contributed by atoms with Crippen molar-refractivity contribution in [1.29, 1.82) is 0 Å². The van der Waals surface area contributed by atoms with Gasteiger partial charge in [0.1, 0.15) is 5.75 Å². The van der Waals surface area contributed by atoms with E-state index in [1.54, 1.807) is 7.11 Å². The highest BCUT2D eigenvalue weighted by molar-refractivity contribution is 5.91. The van der Waals surface area contributed by atoms with E-state index in [0.717, 1.165) is 56.8 Å². The van der Waals surface area contributed by atoms with Crippen LogP contribution >= 0.6 is 0 Å². The zero-order chi connectivity index (χ0) is 20.1. The van der Waals surface area contributed by atoms with Gasteiger partial charge in [-0.25, -0.2) is 0 Å². The Balaban J connectivity index is 1.35. The van der Waals surface area contributed by atoms with Crippen LogP contribution < -0.4 is 10.1 Å². The van der Waals surface area contributed by atoms with Gasteiger partial charge in [-0.2, -0.15) is 0 Å². The van der Waals surface area contributed by atoms with E-state index in [0.29, 0.717) is 11.7 Å². The Kier molecular flexibility index (Phi) is 6.49. The van der Waals surface area contributed by atoms with Crippen LogP contribution in [0.3, 0.4) is 0 Å². The summed E-state index contributed by atoms with van der Waals surface area (Å²) in [6.45, 7) is 2.88. The van der Waals surface area contributed by atoms with Gasteiger partial charge in [-0.15, -0.1) is 0 Å². The standard InChI is InChI=1S/C23H31N3O3/c1-28-20-11-5-7-17(13-20)15-26-12-6-8-18(16-26)21-14-22(29-25-21)23(27)24-19-9-3-2-4-10-19/h5,7,11,13-14,18-19H,2-4,6,8-10,12,15-16H2,1H3,(H,24,27)/t18-/m0/s1. The molecule has 6 heteroatoms. The second kappa shape index (κ2) is 9.44. The number of carbonyl (C=O) groups excluding carboxylic acids is 1. The van der Waals surface area contributed by atoms with Crippen LogP contribution in [-0.2, 0) is 6.54 Å². The lowest BCUT2D eigenvalue weighted by molar-refractivity contribution is 0.0890. The minimum atomic E-state index is -0.125. The van der Waals surface area contributed by atoms with Gasteiger partial charge < -0.3 is 14.6 Å². The average molecular weight is 398 g/mol. The molecule has 0 unspecified atom stereocenters. The summed E-state index contributed by atoms with van der Waals surface area (Å²) in [6, 6.07) is 10.3. The Morgan fingerprint density at radius 3 is 2.90 bits per heavy atom. The fourth-order valence-corrected chi connectivity index (χ4v) is 4.56. The molecular weight excluding hydrogens is 366 g/mol. The van der Waals surface area contributed by atoms with Crippen molar-refractivity contribution in [3.8, 4) is 5.75 Å². The fraction of sp³-hybridized carbons (Fsp3) is 0.565. The number of amides is 1. The highest BCUT2D eigenvalue weighted by Gasteiger charge is 2.26. The lowest BCUT2D eigenvalue weighted by Crippen LogP contribution is -2.36. The molecule has 156 valence electrons. The first-order valence-electron chi connectivity index (χ1n) is 10.8. The van der Waals surface area contributed by atoms with Crippen molar-refractivity contribution in [2.45, 2.75) is 63.5 Å². The molecule has 1 saturated carbocycles. The quantitative estimate of drug-likeness (QED) is 0.794. The molecular formula is C23H31N3O3. The number of aromatic nitrogens is 1. The van der Waals surface area contributed by atoms with Crippen molar-refractivity contribution >= 4 is 5.91 Å². The van der Waals surface area contributed by atoms with E-state index in [1.807, 2.05) is 18.2 Å². The maximum atomic E-state index is 12.5. The number of likely N-dealkylation sites (tertiary alicyclic amines) is 1. The molecule has 0 spiro atoms. The predicted octanol–water partition coefficient (Wildman–Crippen LogP) is 4.13. The molecule has 1 aromatic carbocycles. The topological polar surface area (TPSA) is 67.6 Å². The van der Waals surface area contributed by atoms with Gasteiger partial charge >= 0.3 is 0 Å². The molecule has 1 atom stereocenters. The summed E-state index contributed by atoms with van der Waals surface area (Å²) >= 11 is 0. The summed E-state index contributed by atoms with van der Waals surface area (Å²) in [6.07, 6.45) is 7.97. The van der Waals surface area contributed by atoms with Gasteiger partial charge in [0.25, 0.3) is 5.91 Å². The molecule has 2 fully saturated rings. The molecule has 29 heavy (non-hydrogen) atoms. The summed E-state index contributed by atoms with van der Waals surface area (Å²) in [4.78, 5) is 15.0. The van der Waals surface area contributed by atoms with Crippen LogP contribution in [0.2, 0.25) is 0 Å². The number of rotatable bonds is 6. The van der Waals surface area contributed by atoms with Crippen molar-refractivity contribution in [3.05, 3.63) is 47.3 Å². The van der Waals surface area contributed by atoms with Crippen LogP contribution in [-0.4, -0.2) is 42.2 Å². The normalized spacial score (nSPS) is 21.1. The van der Waals surface area contributed by atoms with Gasteiger partial charge in [0.15, 0.2) is 0 Å². The molecule has 2 aromatic rings. The summed E-state index contributed by atoms with van der Waals surface area (Å²) in [5, 5.41) is 7.35. The smallest absolute Gasteiger partial charge is 0.290 e. The van der Waals surface area contributed by atoms with Crippen molar-refractivity contribution in [2.24, 2.45) is 0 Å². The van der Waals surface area contributed by atoms with E-state index >= 15 is 0 Å². The molecule has 4 rings (SSSR count). The van der Waals surface area contributed by atoms with Crippen LogP contribution in [0.4, 0.5) is 0 Å². The molecule has 1 aromatic heterocycles. The maximum Gasteiger partial charge on any atom is 0.290 e. The summed E-state index contributed by atoms with van der Waals surface area (Å²) < 4.78 is 10.7. The van der Waals surface area contributed by atoms with Crippen LogP contribution in [0.1, 0.15) is 72.7 Å². The second-order valence-corrected chi connectivity index (χ2v) is 8.35. The molecule has 1 aliphatic heterocycles. The van der Waals surface area contributed by atoms with Gasteiger partial charge in [0.05, 0.1) is 12.8 Å². The Hall–Kier alpha value is -2.34. The summed E-state index contributed by atoms with van der Waals surface area (Å²) in [5.74, 6) is 1.41. The van der Waals surface area contributed by atoms with E-state index in [-0.39, 0.29) is 11.9 Å². The number of piperidine rings is 1. The highest BCUT2D eigenvalue weighted by Crippen LogP contribution is 2.28. The van der Waals surface area contributed by atoms with E-state index < -0.39 is 0 Å². The number of nitrogens with one attached hydrogen (secondary N) is 1. The third-order valence-electron chi connectivity index (χ3n) is 6.16. The number of nitrogens with zero attached hydrogens (tertiary/aromatic N) is 2. The zero-order valence-corrected chi connectivity index (χ0v) is 17.2. The monoisotopic (exact) mass is 397 g/mol. The van der Waals surface area contributed by atoms with Crippen molar-refractivity contribution in [2.75, 3.05) is 20.2 Å². The number of benzene rings is 1. The molecule has 1 saturated heterocycles. The molecule has 6 nitrogen and oxygen atoms in total. The maximum absolute atomic E-state index is 12.5.